The summed E-state index contributed by atoms with van der Waals surface area (Å²) < 4.78 is 11.6. The molecule has 0 saturated carbocycles. The predicted molar refractivity (Wildman–Crippen MR) is 85.7 cm³/mol. The van der Waals surface area contributed by atoms with Crippen molar-refractivity contribution >= 4 is 21.6 Å². The highest BCUT2D eigenvalue weighted by Gasteiger charge is 2.07. The van der Waals surface area contributed by atoms with E-state index >= 15 is 0 Å². The van der Waals surface area contributed by atoms with Crippen LogP contribution in [0.4, 0.5) is 5.69 Å². The molecule has 4 nitrogen and oxygen atoms in total. The maximum Gasteiger partial charge on any atom is 0.142 e. The molecule has 0 unspecified atom stereocenters. The van der Waals surface area contributed by atoms with Gasteiger partial charge in [-0.25, -0.2) is 0 Å². The van der Waals surface area contributed by atoms with Crippen molar-refractivity contribution in [2.45, 2.75) is 6.54 Å². The third kappa shape index (κ3) is 3.67. The van der Waals surface area contributed by atoms with Gasteiger partial charge in [0.05, 0.1) is 31.5 Å². The summed E-state index contributed by atoms with van der Waals surface area (Å²) in [6.45, 7) is 0.533. The van der Waals surface area contributed by atoms with E-state index in [-0.39, 0.29) is 0 Å². The molecule has 2 aromatic rings. The van der Waals surface area contributed by atoms with Gasteiger partial charge in [-0.15, -0.1) is 0 Å². The van der Waals surface area contributed by atoms with Gasteiger partial charge in [0.25, 0.3) is 0 Å². The van der Waals surface area contributed by atoms with Gasteiger partial charge in [0.2, 0.25) is 0 Å². The molecule has 0 radical (unpaired) electrons. The molecule has 0 atom stereocenters. The van der Waals surface area contributed by atoms with E-state index in [9.17, 15) is 0 Å². The first-order valence-electron chi connectivity index (χ1n) is 6.32. The van der Waals surface area contributed by atoms with Crippen molar-refractivity contribution in [3.63, 3.8) is 0 Å². The number of hydrogen-bond donors (Lipinski definition) is 1. The number of nitrogens with one attached hydrogen (secondary N) is 1. The summed E-state index contributed by atoms with van der Waals surface area (Å²) >= 11 is 3.44. The van der Waals surface area contributed by atoms with Gasteiger partial charge in [-0.2, -0.15) is 5.26 Å². The van der Waals surface area contributed by atoms with Gasteiger partial charge < -0.3 is 14.8 Å². The highest BCUT2D eigenvalue weighted by atomic mass is 79.9. The second-order valence-corrected chi connectivity index (χ2v) is 5.25. The van der Waals surface area contributed by atoms with Gasteiger partial charge in [-0.05, 0) is 36.4 Å². The van der Waals surface area contributed by atoms with E-state index in [4.69, 9.17) is 14.7 Å². The third-order valence-corrected chi connectivity index (χ3v) is 3.53. The SMILES string of the molecule is COc1ccc(C#N)cc1CNc1cc(Br)ccc1OC. The molecule has 0 aliphatic carbocycles. The number of rotatable bonds is 5. The van der Waals surface area contributed by atoms with Crippen LogP contribution in [0.3, 0.4) is 0 Å². The summed E-state index contributed by atoms with van der Waals surface area (Å²) in [5, 5.41) is 12.3. The quantitative estimate of drug-likeness (QED) is 0.890. The standard InChI is InChI=1S/C16H15BrN2O2/c1-20-15-5-3-11(9-18)7-12(15)10-19-14-8-13(17)4-6-16(14)21-2/h3-8,19H,10H2,1-2H3. The molecule has 2 rings (SSSR count). The van der Waals surface area contributed by atoms with Gasteiger partial charge in [0, 0.05) is 16.6 Å². The van der Waals surface area contributed by atoms with Crippen LogP contribution >= 0.6 is 15.9 Å². The summed E-state index contributed by atoms with van der Waals surface area (Å²) in [5.41, 5.74) is 2.39. The maximum absolute atomic E-state index is 8.99. The van der Waals surface area contributed by atoms with Crippen LogP contribution in [0, 0.1) is 11.3 Å². The Kier molecular flexibility index (Phi) is 5.07. The number of benzene rings is 2. The lowest BCUT2D eigenvalue weighted by atomic mass is 10.1. The van der Waals surface area contributed by atoms with Crippen molar-refractivity contribution < 1.29 is 9.47 Å². The molecule has 0 amide bonds. The number of hydrogen-bond acceptors (Lipinski definition) is 4. The van der Waals surface area contributed by atoms with E-state index in [1.54, 1.807) is 26.4 Å². The molecule has 5 heteroatoms. The van der Waals surface area contributed by atoms with Gasteiger partial charge >= 0.3 is 0 Å². The predicted octanol–water partition coefficient (Wildman–Crippen LogP) is 3.95. The van der Waals surface area contributed by atoms with Crippen LogP contribution in [0.25, 0.3) is 0 Å². The lowest BCUT2D eigenvalue weighted by Gasteiger charge is -2.14. The summed E-state index contributed by atoms with van der Waals surface area (Å²) in [6, 6.07) is 13.2. The second-order valence-electron chi connectivity index (χ2n) is 4.34. The summed E-state index contributed by atoms with van der Waals surface area (Å²) in [5.74, 6) is 1.50. The highest BCUT2D eigenvalue weighted by Crippen LogP contribution is 2.29. The lowest BCUT2D eigenvalue weighted by molar-refractivity contribution is 0.409. The van der Waals surface area contributed by atoms with Gasteiger partial charge in [-0.3, -0.25) is 0 Å². The van der Waals surface area contributed by atoms with E-state index in [0.29, 0.717) is 12.1 Å². The minimum atomic E-state index is 0.533. The maximum atomic E-state index is 8.99. The summed E-state index contributed by atoms with van der Waals surface area (Å²) in [7, 11) is 3.25. The van der Waals surface area contributed by atoms with Crippen LogP contribution in [0.15, 0.2) is 40.9 Å². The number of anilines is 1. The number of nitrogens with zero attached hydrogens (tertiary/aromatic N) is 1. The van der Waals surface area contributed by atoms with Gasteiger partial charge in [0.15, 0.2) is 0 Å². The topological polar surface area (TPSA) is 54.3 Å². The van der Waals surface area contributed by atoms with Crippen LogP contribution in [0.2, 0.25) is 0 Å². The van der Waals surface area contributed by atoms with Gasteiger partial charge in [-0.1, -0.05) is 15.9 Å². The Morgan fingerprint density at radius 2 is 1.81 bits per heavy atom. The first kappa shape index (κ1) is 15.2. The van der Waals surface area contributed by atoms with E-state index in [1.165, 1.54) is 0 Å². The normalized spacial score (nSPS) is 9.81. The molecule has 0 spiro atoms. The zero-order valence-corrected chi connectivity index (χ0v) is 13.4. The average molecular weight is 347 g/mol. The molecule has 0 aliphatic heterocycles. The van der Waals surface area contributed by atoms with Gasteiger partial charge in [0.1, 0.15) is 11.5 Å². The Bertz CT molecular complexity index is 680. The van der Waals surface area contributed by atoms with Crippen molar-refractivity contribution in [3.8, 4) is 17.6 Å². The summed E-state index contributed by atoms with van der Waals surface area (Å²) in [6.07, 6.45) is 0. The minimum absolute atomic E-state index is 0.533. The van der Waals surface area contributed by atoms with Crippen molar-refractivity contribution in [1.82, 2.24) is 0 Å². The van der Waals surface area contributed by atoms with E-state index in [2.05, 4.69) is 27.3 Å². The molecule has 108 valence electrons. The summed E-state index contributed by atoms with van der Waals surface area (Å²) in [4.78, 5) is 0. The van der Waals surface area contributed by atoms with Crippen molar-refractivity contribution in [2.24, 2.45) is 0 Å². The fourth-order valence-electron chi connectivity index (χ4n) is 2.00. The molecule has 0 aromatic heterocycles. The smallest absolute Gasteiger partial charge is 0.142 e. The minimum Gasteiger partial charge on any atom is -0.496 e. The van der Waals surface area contributed by atoms with Crippen LogP contribution in [0.1, 0.15) is 11.1 Å². The first-order valence-corrected chi connectivity index (χ1v) is 7.11. The molecule has 0 aliphatic rings. The Morgan fingerprint density at radius 3 is 2.48 bits per heavy atom. The zero-order chi connectivity index (χ0) is 15.2. The first-order chi connectivity index (χ1) is 10.2. The number of nitriles is 1. The molecule has 0 fully saturated rings. The molecule has 0 bridgehead atoms. The number of methoxy groups -OCH3 is 2. The van der Waals surface area contributed by atoms with E-state index < -0.39 is 0 Å². The third-order valence-electron chi connectivity index (χ3n) is 3.04. The average Bonchev–Trinajstić information content (AvgIpc) is 2.52. The molecule has 21 heavy (non-hydrogen) atoms. The van der Waals surface area contributed by atoms with Crippen LogP contribution in [-0.2, 0) is 6.54 Å². The van der Waals surface area contributed by atoms with E-state index in [0.717, 1.165) is 27.2 Å². The van der Waals surface area contributed by atoms with Crippen molar-refractivity contribution in [3.05, 3.63) is 52.0 Å². The molecular weight excluding hydrogens is 332 g/mol. The Morgan fingerprint density at radius 1 is 1.10 bits per heavy atom. The fourth-order valence-corrected chi connectivity index (χ4v) is 2.36. The molecule has 2 aromatic carbocycles. The fraction of sp³-hybridized carbons (Fsp3) is 0.188. The number of ether oxygens (including phenoxy) is 2. The monoisotopic (exact) mass is 346 g/mol. The molecule has 0 saturated heterocycles. The second kappa shape index (κ2) is 7.00. The molecule has 1 N–H and O–H groups in total. The Hall–Kier alpha value is -2.19. The van der Waals surface area contributed by atoms with Crippen LogP contribution in [-0.4, -0.2) is 14.2 Å². The van der Waals surface area contributed by atoms with Crippen molar-refractivity contribution in [1.29, 1.82) is 5.26 Å². The largest absolute Gasteiger partial charge is 0.496 e. The van der Waals surface area contributed by atoms with Crippen LogP contribution in [0.5, 0.6) is 11.5 Å². The van der Waals surface area contributed by atoms with Crippen LogP contribution < -0.4 is 14.8 Å². The lowest BCUT2D eigenvalue weighted by Crippen LogP contribution is -2.03. The zero-order valence-electron chi connectivity index (χ0n) is 11.8. The molecule has 0 heterocycles. The molecular formula is C16H15BrN2O2. The Labute approximate surface area is 132 Å². The van der Waals surface area contributed by atoms with E-state index in [1.807, 2.05) is 24.3 Å². The highest BCUT2D eigenvalue weighted by molar-refractivity contribution is 9.10. The number of halogens is 1. The Balaban J connectivity index is 2.24. The van der Waals surface area contributed by atoms with Crippen molar-refractivity contribution in [2.75, 3.05) is 19.5 Å².